The minimum atomic E-state index is 0.169. The molecule has 1 unspecified atom stereocenters. The van der Waals surface area contributed by atoms with E-state index in [9.17, 15) is 0 Å². The van der Waals surface area contributed by atoms with E-state index >= 15 is 0 Å². The van der Waals surface area contributed by atoms with Crippen LogP contribution in [0.15, 0.2) is 66.7 Å². The molecule has 0 aliphatic heterocycles. The van der Waals surface area contributed by atoms with Gasteiger partial charge in [-0.25, -0.2) is 0 Å². The van der Waals surface area contributed by atoms with Crippen molar-refractivity contribution in [1.82, 2.24) is 0 Å². The molecule has 0 saturated carbocycles. The fourth-order valence-corrected chi connectivity index (χ4v) is 3.03. The van der Waals surface area contributed by atoms with Crippen molar-refractivity contribution in [1.29, 1.82) is 0 Å². The Morgan fingerprint density at radius 2 is 1.44 bits per heavy atom. The molecule has 2 aromatic rings. The highest BCUT2D eigenvalue weighted by Gasteiger charge is 2.34. The van der Waals surface area contributed by atoms with Crippen LogP contribution in [0.1, 0.15) is 30.9 Å². The molecule has 0 aromatic heterocycles. The third kappa shape index (κ3) is 1.78. The lowest BCUT2D eigenvalue weighted by Crippen LogP contribution is -2.20. The average molecular weight is 234 g/mol. The molecule has 90 valence electrons. The summed E-state index contributed by atoms with van der Waals surface area (Å²) in [4.78, 5) is 0. The maximum Gasteiger partial charge on any atom is 0.0180 e. The summed E-state index contributed by atoms with van der Waals surface area (Å²) in [5.74, 6) is 0. The standard InChI is InChI=1S/C18H18/c1-18(16-11-6-3-7-12-16)14-8-13-17(18)15-9-4-2-5-10-15/h2-7,9-13H,8,14H2,1H3. The maximum atomic E-state index is 2.41. The maximum absolute atomic E-state index is 2.41. The molecule has 0 bridgehead atoms. The van der Waals surface area contributed by atoms with Gasteiger partial charge in [-0.1, -0.05) is 73.7 Å². The van der Waals surface area contributed by atoms with Crippen LogP contribution in [-0.4, -0.2) is 0 Å². The zero-order chi connectivity index (χ0) is 12.4. The van der Waals surface area contributed by atoms with Gasteiger partial charge in [0.2, 0.25) is 0 Å². The fourth-order valence-electron chi connectivity index (χ4n) is 3.03. The molecular weight excluding hydrogens is 216 g/mol. The summed E-state index contributed by atoms with van der Waals surface area (Å²) in [6.07, 6.45) is 4.79. The Hall–Kier alpha value is -1.82. The zero-order valence-corrected chi connectivity index (χ0v) is 10.8. The summed E-state index contributed by atoms with van der Waals surface area (Å²) in [5.41, 5.74) is 4.44. The van der Waals surface area contributed by atoms with Crippen LogP contribution >= 0.6 is 0 Å². The largest absolute Gasteiger partial charge is 0.0798 e. The van der Waals surface area contributed by atoms with Crippen LogP contribution in [0.25, 0.3) is 5.57 Å². The van der Waals surface area contributed by atoms with Gasteiger partial charge in [-0.3, -0.25) is 0 Å². The van der Waals surface area contributed by atoms with E-state index in [2.05, 4.69) is 73.7 Å². The van der Waals surface area contributed by atoms with Crippen LogP contribution in [0.2, 0.25) is 0 Å². The van der Waals surface area contributed by atoms with Crippen molar-refractivity contribution in [2.75, 3.05) is 0 Å². The Morgan fingerprint density at radius 1 is 0.833 bits per heavy atom. The molecule has 0 N–H and O–H groups in total. The highest BCUT2D eigenvalue weighted by atomic mass is 14.4. The molecule has 0 fully saturated rings. The lowest BCUT2D eigenvalue weighted by atomic mass is 9.74. The smallest absolute Gasteiger partial charge is 0.0180 e. The van der Waals surface area contributed by atoms with Gasteiger partial charge in [-0.2, -0.15) is 0 Å². The van der Waals surface area contributed by atoms with Gasteiger partial charge < -0.3 is 0 Å². The van der Waals surface area contributed by atoms with Crippen LogP contribution in [0.4, 0.5) is 0 Å². The molecule has 0 spiro atoms. The molecule has 0 heteroatoms. The van der Waals surface area contributed by atoms with E-state index in [1.54, 1.807) is 0 Å². The minimum Gasteiger partial charge on any atom is -0.0798 e. The van der Waals surface area contributed by atoms with E-state index in [0.29, 0.717) is 0 Å². The molecule has 0 heterocycles. The van der Waals surface area contributed by atoms with Gasteiger partial charge in [0.25, 0.3) is 0 Å². The summed E-state index contributed by atoms with van der Waals surface area (Å²) in [7, 11) is 0. The number of allylic oxidation sites excluding steroid dienone is 2. The summed E-state index contributed by atoms with van der Waals surface area (Å²) in [5, 5.41) is 0. The Balaban J connectivity index is 2.06. The number of benzene rings is 2. The van der Waals surface area contributed by atoms with Crippen molar-refractivity contribution in [3.05, 3.63) is 77.9 Å². The first-order valence-corrected chi connectivity index (χ1v) is 6.62. The Bertz CT molecular complexity index is 551. The van der Waals surface area contributed by atoms with Gasteiger partial charge in [0.05, 0.1) is 0 Å². The topological polar surface area (TPSA) is 0 Å². The van der Waals surface area contributed by atoms with E-state index in [1.807, 2.05) is 0 Å². The fraction of sp³-hybridized carbons (Fsp3) is 0.222. The van der Waals surface area contributed by atoms with Crippen molar-refractivity contribution in [2.24, 2.45) is 0 Å². The van der Waals surface area contributed by atoms with E-state index in [1.165, 1.54) is 29.5 Å². The Morgan fingerprint density at radius 3 is 2.11 bits per heavy atom. The SMILES string of the molecule is CC1(c2ccccc2)CCC=C1c1ccccc1. The minimum absolute atomic E-state index is 0.169. The third-order valence-electron chi connectivity index (χ3n) is 4.08. The Labute approximate surface area is 109 Å². The molecule has 0 amide bonds. The number of hydrogen-bond acceptors (Lipinski definition) is 0. The lowest BCUT2D eigenvalue weighted by Gasteiger charge is -2.29. The van der Waals surface area contributed by atoms with Crippen molar-refractivity contribution >= 4 is 5.57 Å². The summed E-state index contributed by atoms with van der Waals surface area (Å²) >= 11 is 0. The van der Waals surface area contributed by atoms with Gasteiger partial charge >= 0.3 is 0 Å². The van der Waals surface area contributed by atoms with Crippen LogP contribution in [0.3, 0.4) is 0 Å². The van der Waals surface area contributed by atoms with Crippen molar-refractivity contribution in [3.8, 4) is 0 Å². The van der Waals surface area contributed by atoms with Crippen LogP contribution < -0.4 is 0 Å². The number of rotatable bonds is 2. The lowest BCUT2D eigenvalue weighted by molar-refractivity contribution is 0.594. The van der Waals surface area contributed by atoms with Gasteiger partial charge in [0, 0.05) is 5.41 Å². The van der Waals surface area contributed by atoms with Gasteiger partial charge in [0.1, 0.15) is 0 Å². The third-order valence-corrected chi connectivity index (χ3v) is 4.08. The highest BCUT2D eigenvalue weighted by molar-refractivity contribution is 5.77. The summed E-state index contributed by atoms with van der Waals surface area (Å²) in [6, 6.07) is 21.6. The average Bonchev–Trinajstić information content (AvgIpc) is 2.84. The Kier molecular flexibility index (Phi) is 2.79. The molecule has 1 atom stereocenters. The number of hydrogen-bond donors (Lipinski definition) is 0. The predicted molar refractivity (Wildman–Crippen MR) is 77.4 cm³/mol. The first-order chi connectivity index (χ1) is 8.81. The van der Waals surface area contributed by atoms with Crippen LogP contribution in [-0.2, 0) is 5.41 Å². The van der Waals surface area contributed by atoms with Crippen LogP contribution in [0.5, 0.6) is 0 Å². The first kappa shape index (κ1) is 11.3. The molecule has 2 aromatic carbocycles. The van der Waals surface area contributed by atoms with E-state index in [0.717, 1.165) is 0 Å². The molecule has 0 radical (unpaired) electrons. The molecule has 0 nitrogen and oxygen atoms in total. The molecule has 1 aliphatic carbocycles. The molecule has 3 rings (SSSR count). The molecule has 18 heavy (non-hydrogen) atoms. The van der Waals surface area contributed by atoms with Gasteiger partial charge in [0.15, 0.2) is 0 Å². The van der Waals surface area contributed by atoms with E-state index in [4.69, 9.17) is 0 Å². The normalized spacial score (nSPS) is 22.8. The second kappa shape index (κ2) is 4.45. The van der Waals surface area contributed by atoms with Gasteiger partial charge in [-0.05, 0) is 29.5 Å². The van der Waals surface area contributed by atoms with Crippen molar-refractivity contribution in [2.45, 2.75) is 25.2 Å². The summed E-state index contributed by atoms with van der Waals surface area (Å²) < 4.78 is 0. The van der Waals surface area contributed by atoms with E-state index in [-0.39, 0.29) is 5.41 Å². The monoisotopic (exact) mass is 234 g/mol. The van der Waals surface area contributed by atoms with Gasteiger partial charge in [-0.15, -0.1) is 0 Å². The van der Waals surface area contributed by atoms with E-state index < -0.39 is 0 Å². The molecular formula is C18H18. The van der Waals surface area contributed by atoms with Crippen molar-refractivity contribution in [3.63, 3.8) is 0 Å². The molecule has 0 saturated heterocycles. The van der Waals surface area contributed by atoms with Crippen molar-refractivity contribution < 1.29 is 0 Å². The zero-order valence-electron chi connectivity index (χ0n) is 10.8. The second-order valence-corrected chi connectivity index (χ2v) is 5.22. The second-order valence-electron chi connectivity index (χ2n) is 5.22. The first-order valence-electron chi connectivity index (χ1n) is 6.62. The summed E-state index contributed by atoms with van der Waals surface area (Å²) in [6.45, 7) is 2.37. The molecule has 1 aliphatic rings. The quantitative estimate of drug-likeness (QED) is 0.698. The van der Waals surface area contributed by atoms with Crippen LogP contribution in [0, 0.1) is 0 Å². The highest BCUT2D eigenvalue weighted by Crippen LogP contribution is 2.46. The predicted octanol–water partition coefficient (Wildman–Crippen LogP) is 4.82.